The highest BCUT2D eigenvalue weighted by Crippen LogP contribution is 2.35. The molecule has 0 fully saturated rings. The van der Waals surface area contributed by atoms with E-state index >= 15 is 0 Å². The molecule has 0 unspecified atom stereocenters. The van der Waals surface area contributed by atoms with Crippen molar-refractivity contribution in [1.82, 2.24) is 14.1 Å². The van der Waals surface area contributed by atoms with Crippen LogP contribution in [0.15, 0.2) is 45.3 Å². The summed E-state index contributed by atoms with van der Waals surface area (Å²) in [7, 11) is 2.80. The normalized spacial score (nSPS) is 11.7. The number of rotatable bonds is 4. The van der Waals surface area contributed by atoms with Crippen molar-refractivity contribution < 1.29 is 26.7 Å². The second-order valence-electron chi connectivity index (χ2n) is 7.60. The monoisotopic (exact) mass is 510 g/mol. The standard InChI is InChI=1S/C22H15F5N4O3S/c1-30-15-5-3-4-10(17(15)19(33)31(2)21(30)34)6-16(32)29-20-28-14(9-35-20)12-7-11(22(25,26)27)8-13(23)18(12)24/h3-5,7-9H,6H2,1-2H3,(H,28,29,32). The van der Waals surface area contributed by atoms with E-state index in [0.717, 1.165) is 15.9 Å². The van der Waals surface area contributed by atoms with Crippen LogP contribution < -0.4 is 16.6 Å². The number of halogens is 5. The van der Waals surface area contributed by atoms with Gasteiger partial charge in [0.25, 0.3) is 5.56 Å². The number of anilines is 1. The summed E-state index contributed by atoms with van der Waals surface area (Å²) in [5.41, 5.74) is -2.81. The fourth-order valence-corrected chi connectivity index (χ4v) is 4.30. The number of hydrogen-bond donors (Lipinski definition) is 1. The van der Waals surface area contributed by atoms with Crippen LogP contribution in [0.5, 0.6) is 0 Å². The van der Waals surface area contributed by atoms with Gasteiger partial charge in [-0.25, -0.2) is 18.6 Å². The van der Waals surface area contributed by atoms with E-state index in [1.54, 1.807) is 18.2 Å². The lowest BCUT2D eigenvalue weighted by Gasteiger charge is -2.11. The van der Waals surface area contributed by atoms with Crippen LogP contribution in [0, 0.1) is 11.6 Å². The number of aryl methyl sites for hydroxylation is 1. The quantitative estimate of drug-likeness (QED) is 0.423. The van der Waals surface area contributed by atoms with E-state index in [-0.39, 0.29) is 28.7 Å². The number of amides is 1. The summed E-state index contributed by atoms with van der Waals surface area (Å²) in [6.07, 6.45) is -5.18. The van der Waals surface area contributed by atoms with Crippen molar-refractivity contribution in [2.75, 3.05) is 5.32 Å². The summed E-state index contributed by atoms with van der Waals surface area (Å²) in [5, 5.41) is 3.72. The van der Waals surface area contributed by atoms with Gasteiger partial charge in [-0.3, -0.25) is 18.7 Å². The lowest BCUT2D eigenvalue weighted by Crippen LogP contribution is -2.37. The minimum Gasteiger partial charge on any atom is -0.302 e. The Hall–Kier alpha value is -3.87. The van der Waals surface area contributed by atoms with Crippen molar-refractivity contribution >= 4 is 33.3 Å². The molecule has 1 N–H and O–H groups in total. The fourth-order valence-electron chi connectivity index (χ4n) is 3.57. The summed E-state index contributed by atoms with van der Waals surface area (Å²) in [6, 6.07) is 5.18. The zero-order valence-corrected chi connectivity index (χ0v) is 18.9. The third-order valence-electron chi connectivity index (χ3n) is 5.32. The molecule has 0 radical (unpaired) electrons. The lowest BCUT2D eigenvalue weighted by molar-refractivity contribution is -0.137. The maximum absolute atomic E-state index is 14.2. The van der Waals surface area contributed by atoms with E-state index in [1.807, 2.05) is 0 Å². The summed E-state index contributed by atoms with van der Waals surface area (Å²) in [4.78, 5) is 41.3. The number of carbonyl (C=O) groups is 1. The second-order valence-corrected chi connectivity index (χ2v) is 8.46. The number of fused-ring (bicyclic) bond motifs is 1. The highest BCUT2D eigenvalue weighted by molar-refractivity contribution is 7.14. The Morgan fingerprint density at radius 1 is 1.11 bits per heavy atom. The largest absolute Gasteiger partial charge is 0.416 e. The van der Waals surface area contributed by atoms with Gasteiger partial charge in [0, 0.05) is 25.0 Å². The third kappa shape index (κ3) is 4.46. The van der Waals surface area contributed by atoms with Crippen LogP contribution in [0.3, 0.4) is 0 Å². The van der Waals surface area contributed by atoms with Gasteiger partial charge in [-0.2, -0.15) is 13.2 Å². The predicted octanol–water partition coefficient (Wildman–Crippen LogP) is 3.84. The molecular formula is C22H15F5N4O3S. The first-order valence-electron chi connectivity index (χ1n) is 9.88. The maximum Gasteiger partial charge on any atom is 0.416 e. The average Bonchev–Trinajstić information content (AvgIpc) is 3.25. The van der Waals surface area contributed by atoms with Gasteiger partial charge in [0.15, 0.2) is 16.8 Å². The third-order valence-corrected chi connectivity index (χ3v) is 6.07. The molecule has 4 rings (SSSR count). The second kappa shape index (κ2) is 8.73. The van der Waals surface area contributed by atoms with Crippen LogP contribution in [-0.2, 0) is 31.5 Å². The van der Waals surface area contributed by atoms with Crippen LogP contribution in [0.25, 0.3) is 22.2 Å². The first-order valence-corrected chi connectivity index (χ1v) is 10.8. The van der Waals surface area contributed by atoms with Crippen LogP contribution in [0.2, 0.25) is 0 Å². The fraction of sp³-hybridized carbons (Fsp3) is 0.182. The molecule has 0 aliphatic carbocycles. The number of alkyl halides is 3. The SMILES string of the molecule is Cn1c(=O)c2c(CC(=O)Nc3nc(-c4cc(C(F)(F)F)cc(F)c4F)cs3)cccc2n(C)c1=O. The van der Waals surface area contributed by atoms with Crippen molar-refractivity contribution in [2.24, 2.45) is 14.1 Å². The molecule has 35 heavy (non-hydrogen) atoms. The van der Waals surface area contributed by atoms with Crippen molar-refractivity contribution in [3.05, 3.63) is 79.3 Å². The number of benzene rings is 2. The van der Waals surface area contributed by atoms with Crippen LogP contribution in [-0.4, -0.2) is 20.0 Å². The number of nitrogens with one attached hydrogen (secondary N) is 1. The molecule has 0 saturated heterocycles. The zero-order chi connectivity index (χ0) is 25.7. The number of aromatic nitrogens is 3. The van der Waals surface area contributed by atoms with E-state index in [2.05, 4.69) is 10.3 Å². The molecule has 0 atom stereocenters. The van der Waals surface area contributed by atoms with Crippen molar-refractivity contribution in [3.63, 3.8) is 0 Å². The summed E-state index contributed by atoms with van der Waals surface area (Å²) < 4.78 is 69.1. The van der Waals surface area contributed by atoms with E-state index in [0.29, 0.717) is 17.1 Å². The molecule has 2 aromatic heterocycles. The van der Waals surface area contributed by atoms with Gasteiger partial charge < -0.3 is 5.32 Å². The topological polar surface area (TPSA) is 86.0 Å². The van der Waals surface area contributed by atoms with Crippen molar-refractivity contribution in [3.8, 4) is 11.3 Å². The number of nitrogens with zero attached hydrogens (tertiary/aromatic N) is 3. The molecule has 1 amide bonds. The van der Waals surface area contributed by atoms with Gasteiger partial charge in [0.1, 0.15) is 0 Å². The molecule has 2 heterocycles. The molecule has 7 nitrogen and oxygen atoms in total. The Morgan fingerprint density at radius 2 is 1.83 bits per heavy atom. The van der Waals surface area contributed by atoms with Crippen molar-refractivity contribution in [1.29, 1.82) is 0 Å². The van der Waals surface area contributed by atoms with E-state index in [1.165, 1.54) is 24.0 Å². The van der Waals surface area contributed by atoms with Crippen LogP contribution >= 0.6 is 11.3 Å². The molecule has 2 aromatic carbocycles. The van der Waals surface area contributed by atoms with Crippen LogP contribution in [0.1, 0.15) is 11.1 Å². The molecule has 0 aliphatic heterocycles. The Kier molecular flexibility index (Phi) is 6.05. The number of thiazole rings is 1. The Bertz CT molecular complexity index is 1600. The van der Waals surface area contributed by atoms with Crippen LogP contribution in [0.4, 0.5) is 27.1 Å². The van der Waals surface area contributed by atoms with E-state index in [4.69, 9.17) is 0 Å². The van der Waals surface area contributed by atoms with Gasteiger partial charge in [-0.05, 0) is 23.8 Å². The highest BCUT2D eigenvalue weighted by atomic mass is 32.1. The van der Waals surface area contributed by atoms with E-state index in [9.17, 15) is 36.3 Å². The minimum atomic E-state index is -4.89. The molecule has 0 saturated carbocycles. The Labute approximate surface area is 197 Å². The minimum absolute atomic E-state index is 0.0537. The van der Waals surface area contributed by atoms with Gasteiger partial charge >= 0.3 is 11.9 Å². The average molecular weight is 510 g/mol. The first kappa shape index (κ1) is 24.3. The van der Waals surface area contributed by atoms with Crippen molar-refractivity contribution in [2.45, 2.75) is 12.6 Å². The molecule has 13 heteroatoms. The summed E-state index contributed by atoms with van der Waals surface area (Å²) in [6.45, 7) is 0. The first-order chi connectivity index (χ1) is 16.4. The molecule has 4 aromatic rings. The maximum atomic E-state index is 14.2. The predicted molar refractivity (Wildman–Crippen MR) is 119 cm³/mol. The highest BCUT2D eigenvalue weighted by Gasteiger charge is 2.33. The molecular weight excluding hydrogens is 495 g/mol. The number of hydrogen-bond acceptors (Lipinski definition) is 5. The molecule has 0 bridgehead atoms. The van der Waals surface area contributed by atoms with E-state index < -0.39 is 46.1 Å². The van der Waals surface area contributed by atoms with Gasteiger partial charge in [-0.1, -0.05) is 12.1 Å². The zero-order valence-electron chi connectivity index (χ0n) is 18.0. The van der Waals surface area contributed by atoms with Gasteiger partial charge in [0.05, 0.1) is 28.6 Å². The summed E-state index contributed by atoms with van der Waals surface area (Å²) >= 11 is 0.800. The smallest absolute Gasteiger partial charge is 0.302 e. The van der Waals surface area contributed by atoms with Gasteiger partial charge in [-0.15, -0.1) is 11.3 Å². The summed E-state index contributed by atoms with van der Waals surface area (Å²) in [5.74, 6) is -3.80. The molecule has 182 valence electrons. The van der Waals surface area contributed by atoms with Gasteiger partial charge in [0.2, 0.25) is 5.91 Å². The lowest BCUT2D eigenvalue weighted by atomic mass is 10.1. The number of carbonyl (C=O) groups excluding carboxylic acids is 1. The molecule has 0 spiro atoms. The Balaban J connectivity index is 1.62. The molecule has 0 aliphatic rings. The Morgan fingerprint density at radius 3 is 2.51 bits per heavy atom.